The molecule has 0 fully saturated rings. The molecule has 3 nitrogen and oxygen atoms in total. The Labute approximate surface area is 160 Å². The van der Waals surface area contributed by atoms with E-state index < -0.39 is 0 Å². The molecule has 3 rings (SSSR count). The van der Waals surface area contributed by atoms with Crippen molar-refractivity contribution in [2.45, 2.75) is 16.2 Å². The highest BCUT2D eigenvalue weighted by Crippen LogP contribution is 2.48. The highest BCUT2D eigenvalue weighted by Gasteiger charge is 2.22. The number of hydrogen-bond donors (Lipinski definition) is 2. The predicted molar refractivity (Wildman–Crippen MR) is 110 cm³/mol. The number of benzene rings is 2. The van der Waals surface area contributed by atoms with Crippen LogP contribution in [0, 0.1) is 0 Å². The maximum absolute atomic E-state index is 6.18. The second-order valence-electron chi connectivity index (χ2n) is 5.29. The fourth-order valence-corrected chi connectivity index (χ4v) is 3.70. The van der Waals surface area contributed by atoms with Crippen molar-refractivity contribution in [1.29, 1.82) is 0 Å². The van der Waals surface area contributed by atoms with Crippen LogP contribution in [-0.2, 0) is 0 Å². The highest BCUT2D eigenvalue weighted by atomic mass is 35.5. The molecule has 6 heteroatoms. The Balaban J connectivity index is 0.000000671. The lowest BCUT2D eigenvalue weighted by Crippen LogP contribution is -2.24. The maximum Gasteiger partial charge on any atom is 0.0567 e. The van der Waals surface area contributed by atoms with Gasteiger partial charge in [0.05, 0.1) is 11.4 Å². The van der Waals surface area contributed by atoms with Gasteiger partial charge in [-0.15, -0.1) is 12.4 Å². The molecule has 0 atom stereocenters. The summed E-state index contributed by atoms with van der Waals surface area (Å²) in [7, 11) is 5.74. The Kier molecular flexibility index (Phi) is 9.56. The van der Waals surface area contributed by atoms with Crippen molar-refractivity contribution < 1.29 is 0 Å². The minimum Gasteiger partial charge on any atom is -0.340 e. The molecule has 0 spiro atoms. The fraction of sp³-hybridized carbons (Fsp3) is 0.333. The molecule has 0 radical (unpaired) electrons. The molecule has 0 bridgehead atoms. The third-order valence-electron chi connectivity index (χ3n) is 3.40. The molecule has 2 N–H and O–H groups in total. The second-order valence-corrected chi connectivity index (χ2v) is 6.81. The lowest BCUT2D eigenvalue weighted by Gasteiger charge is -2.33. The number of nitrogens with zero attached hydrogens (tertiary/aromatic N) is 1. The van der Waals surface area contributed by atoms with E-state index >= 15 is 0 Å². The van der Waals surface area contributed by atoms with E-state index in [-0.39, 0.29) is 12.4 Å². The minimum atomic E-state index is 0. The molecule has 0 aromatic heterocycles. The van der Waals surface area contributed by atoms with Crippen LogP contribution in [-0.4, -0.2) is 34.2 Å². The first-order chi connectivity index (χ1) is 11.2. The fourth-order valence-electron chi connectivity index (χ4n) is 2.46. The average Bonchev–Trinajstić information content (AvgIpc) is 2.55. The maximum atomic E-state index is 6.18. The molecule has 0 saturated heterocycles. The summed E-state index contributed by atoms with van der Waals surface area (Å²) in [6.45, 7) is 2.01. The Bertz CT molecular complexity index is 637. The summed E-state index contributed by atoms with van der Waals surface area (Å²) in [4.78, 5) is 4.97. The number of anilines is 2. The number of nitrogens with one attached hydrogen (secondary N) is 2. The molecule has 0 saturated carbocycles. The molecular formula is C18H25Cl2N3S. The standard InChI is InChI=1S/C16H17ClN2S.C2H7N.ClH/c1-18-9-4-10-19-13-5-2-3-6-15(13)20-16-8-7-12(17)11-14(16)19;1-3-2;/h2-3,5-8,11,18H,4,9-10H2,1H3;3H,1-2H3;1H. The van der Waals surface area contributed by atoms with Gasteiger partial charge in [0.2, 0.25) is 0 Å². The van der Waals surface area contributed by atoms with E-state index in [1.54, 1.807) is 0 Å². The topological polar surface area (TPSA) is 27.3 Å². The average molecular weight is 386 g/mol. The van der Waals surface area contributed by atoms with Gasteiger partial charge < -0.3 is 15.5 Å². The van der Waals surface area contributed by atoms with Crippen molar-refractivity contribution in [2.75, 3.05) is 39.1 Å². The van der Waals surface area contributed by atoms with Crippen LogP contribution < -0.4 is 15.5 Å². The Morgan fingerprint density at radius 3 is 2.38 bits per heavy atom. The minimum absolute atomic E-state index is 0. The predicted octanol–water partition coefficient (Wildman–Crippen LogP) is 4.81. The van der Waals surface area contributed by atoms with Gasteiger partial charge in [0.25, 0.3) is 0 Å². The first-order valence-electron chi connectivity index (χ1n) is 7.78. The summed E-state index contributed by atoms with van der Waals surface area (Å²) in [5.41, 5.74) is 2.50. The molecule has 2 aromatic rings. The Hall–Kier alpha value is -0.910. The zero-order chi connectivity index (χ0) is 16.7. The molecule has 24 heavy (non-hydrogen) atoms. The largest absolute Gasteiger partial charge is 0.340 e. The first kappa shape index (κ1) is 21.1. The molecule has 0 aliphatic carbocycles. The lowest BCUT2D eigenvalue weighted by atomic mass is 10.2. The monoisotopic (exact) mass is 385 g/mol. The molecule has 1 heterocycles. The van der Waals surface area contributed by atoms with Gasteiger partial charge in [-0.1, -0.05) is 35.5 Å². The van der Waals surface area contributed by atoms with Crippen LogP contribution in [0.3, 0.4) is 0 Å². The molecule has 1 aliphatic heterocycles. The van der Waals surface area contributed by atoms with E-state index in [0.717, 1.165) is 24.5 Å². The molecular weight excluding hydrogens is 361 g/mol. The van der Waals surface area contributed by atoms with Gasteiger partial charge in [0, 0.05) is 21.4 Å². The number of halogens is 2. The van der Waals surface area contributed by atoms with Gasteiger partial charge in [0.1, 0.15) is 0 Å². The van der Waals surface area contributed by atoms with Crippen molar-refractivity contribution in [2.24, 2.45) is 0 Å². The molecule has 132 valence electrons. The SMILES string of the molecule is CNC.CNCCCN1c2ccccc2Sc2ccc(Cl)cc21.Cl. The summed E-state index contributed by atoms with van der Waals surface area (Å²) in [5.74, 6) is 0. The van der Waals surface area contributed by atoms with Crippen LogP contribution in [0.2, 0.25) is 5.02 Å². The van der Waals surface area contributed by atoms with Crippen LogP contribution in [0.5, 0.6) is 0 Å². The van der Waals surface area contributed by atoms with Crippen LogP contribution in [0.25, 0.3) is 0 Å². The summed E-state index contributed by atoms with van der Waals surface area (Å²) >= 11 is 8.00. The van der Waals surface area contributed by atoms with Gasteiger partial charge in [-0.2, -0.15) is 0 Å². The van der Waals surface area contributed by atoms with Crippen LogP contribution in [0.15, 0.2) is 52.3 Å². The van der Waals surface area contributed by atoms with Crippen molar-refractivity contribution in [3.63, 3.8) is 0 Å². The van der Waals surface area contributed by atoms with E-state index in [0.29, 0.717) is 0 Å². The summed E-state index contributed by atoms with van der Waals surface area (Å²) < 4.78 is 0. The van der Waals surface area contributed by atoms with Crippen molar-refractivity contribution in [3.8, 4) is 0 Å². The van der Waals surface area contributed by atoms with Crippen molar-refractivity contribution in [3.05, 3.63) is 47.5 Å². The molecule has 2 aromatic carbocycles. The number of rotatable bonds is 4. The summed E-state index contributed by atoms with van der Waals surface area (Å²) in [6, 6.07) is 14.7. The second kappa shape index (κ2) is 10.9. The normalized spacial score (nSPS) is 11.6. The van der Waals surface area contributed by atoms with Crippen molar-refractivity contribution in [1.82, 2.24) is 10.6 Å². The Morgan fingerprint density at radius 1 is 1.00 bits per heavy atom. The van der Waals surface area contributed by atoms with E-state index in [1.165, 1.54) is 21.2 Å². The molecule has 0 unspecified atom stereocenters. The van der Waals surface area contributed by atoms with Gasteiger partial charge >= 0.3 is 0 Å². The number of para-hydroxylation sites is 1. The summed E-state index contributed by atoms with van der Waals surface area (Å²) in [6.07, 6.45) is 1.10. The van der Waals surface area contributed by atoms with Crippen LogP contribution >= 0.6 is 35.8 Å². The lowest BCUT2D eigenvalue weighted by molar-refractivity contribution is 0.719. The Morgan fingerprint density at radius 2 is 1.67 bits per heavy atom. The van der Waals surface area contributed by atoms with E-state index in [1.807, 2.05) is 39.0 Å². The van der Waals surface area contributed by atoms with Crippen LogP contribution in [0.4, 0.5) is 11.4 Å². The van der Waals surface area contributed by atoms with E-state index in [9.17, 15) is 0 Å². The van der Waals surface area contributed by atoms with E-state index in [4.69, 9.17) is 11.6 Å². The van der Waals surface area contributed by atoms with Crippen LogP contribution in [0.1, 0.15) is 6.42 Å². The smallest absolute Gasteiger partial charge is 0.0567 e. The number of hydrogen-bond acceptors (Lipinski definition) is 4. The number of fused-ring (bicyclic) bond motifs is 2. The third-order valence-corrected chi connectivity index (χ3v) is 4.76. The van der Waals surface area contributed by atoms with Gasteiger partial charge in [-0.25, -0.2) is 0 Å². The molecule has 0 amide bonds. The van der Waals surface area contributed by atoms with Gasteiger partial charge in [0.15, 0.2) is 0 Å². The van der Waals surface area contributed by atoms with Crippen molar-refractivity contribution >= 4 is 47.1 Å². The zero-order valence-electron chi connectivity index (χ0n) is 14.3. The highest BCUT2D eigenvalue weighted by molar-refractivity contribution is 7.99. The first-order valence-corrected chi connectivity index (χ1v) is 8.97. The van der Waals surface area contributed by atoms with Gasteiger partial charge in [-0.05, 0) is 64.4 Å². The summed E-state index contributed by atoms with van der Waals surface area (Å²) in [5, 5.41) is 6.75. The molecule has 1 aliphatic rings. The zero-order valence-corrected chi connectivity index (χ0v) is 16.7. The quantitative estimate of drug-likeness (QED) is 0.738. The third kappa shape index (κ3) is 5.30. The van der Waals surface area contributed by atoms with E-state index in [2.05, 4.69) is 51.9 Å². The van der Waals surface area contributed by atoms with Gasteiger partial charge in [-0.3, -0.25) is 0 Å².